The van der Waals surface area contributed by atoms with E-state index in [1.54, 1.807) is 23.1 Å². The highest BCUT2D eigenvalue weighted by atomic mass is 16.6. The predicted octanol–water partition coefficient (Wildman–Crippen LogP) is 3.98. The number of nitrogens with two attached hydrogens (primary N) is 1. The van der Waals surface area contributed by atoms with Gasteiger partial charge in [-0.15, -0.1) is 0 Å². The van der Waals surface area contributed by atoms with Crippen molar-refractivity contribution in [2.24, 2.45) is 0 Å². The second-order valence-electron chi connectivity index (χ2n) is 8.74. The summed E-state index contributed by atoms with van der Waals surface area (Å²) in [5, 5.41) is 3.03. The number of ether oxygens (including phenoxy) is 2. The molecule has 2 amide bonds. The van der Waals surface area contributed by atoms with Gasteiger partial charge in [-0.1, -0.05) is 30.3 Å². The molecular weight excluding hydrogens is 394 g/mol. The summed E-state index contributed by atoms with van der Waals surface area (Å²) in [6, 6.07) is 14.9. The number of nitrogens with one attached hydrogen (secondary N) is 1. The van der Waals surface area contributed by atoms with Crippen LogP contribution in [-0.4, -0.2) is 41.6 Å². The van der Waals surface area contributed by atoms with Crippen LogP contribution in [0.2, 0.25) is 0 Å². The molecule has 0 bridgehead atoms. The third-order valence-corrected chi connectivity index (χ3v) is 4.99. The number of piperidine rings is 1. The minimum absolute atomic E-state index is 0.00131. The van der Waals surface area contributed by atoms with Crippen molar-refractivity contribution in [2.45, 2.75) is 51.9 Å². The molecule has 166 valence electrons. The fourth-order valence-electron chi connectivity index (χ4n) is 3.36. The van der Waals surface area contributed by atoms with Gasteiger partial charge in [-0.3, -0.25) is 4.79 Å². The summed E-state index contributed by atoms with van der Waals surface area (Å²) in [6.07, 6.45) is 1.05. The van der Waals surface area contributed by atoms with Gasteiger partial charge >= 0.3 is 6.09 Å². The van der Waals surface area contributed by atoms with Crippen molar-refractivity contribution in [3.63, 3.8) is 0 Å². The average Bonchev–Trinajstić information content (AvgIpc) is 2.73. The van der Waals surface area contributed by atoms with Gasteiger partial charge in [-0.05, 0) is 57.4 Å². The average molecular weight is 426 g/mol. The van der Waals surface area contributed by atoms with Gasteiger partial charge < -0.3 is 25.4 Å². The summed E-state index contributed by atoms with van der Waals surface area (Å²) >= 11 is 0. The largest absolute Gasteiger partial charge is 0.487 e. The van der Waals surface area contributed by atoms with Crippen molar-refractivity contribution in [3.8, 4) is 5.75 Å². The standard InChI is InChI=1S/C24H31N3O4/c1-24(2,3)31-23(29)27-13-11-19(12-14-27)26-22(28)18-9-10-21(20(25)15-18)30-16-17-7-5-4-6-8-17/h4-10,15,19H,11-14,16,25H2,1-3H3,(H,26,28). The van der Waals surface area contributed by atoms with Gasteiger partial charge in [-0.25, -0.2) is 4.79 Å². The van der Waals surface area contributed by atoms with Crippen LogP contribution in [0.1, 0.15) is 49.5 Å². The molecular formula is C24H31N3O4. The molecule has 1 heterocycles. The second kappa shape index (κ2) is 9.73. The molecule has 0 unspecified atom stereocenters. The molecule has 1 fully saturated rings. The number of carbonyl (C=O) groups excluding carboxylic acids is 2. The SMILES string of the molecule is CC(C)(C)OC(=O)N1CCC(NC(=O)c2ccc(OCc3ccccc3)c(N)c2)CC1. The Balaban J connectivity index is 1.49. The van der Waals surface area contributed by atoms with Crippen molar-refractivity contribution >= 4 is 17.7 Å². The van der Waals surface area contributed by atoms with Crippen LogP contribution in [-0.2, 0) is 11.3 Å². The topological polar surface area (TPSA) is 93.9 Å². The van der Waals surface area contributed by atoms with Gasteiger partial charge in [0.1, 0.15) is 18.0 Å². The number of nitrogens with zero attached hydrogens (tertiary/aromatic N) is 1. The zero-order valence-electron chi connectivity index (χ0n) is 18.4. The smallest absolute Gasteiger partial charge is 0.410 e. The lowest BCUT2D eigenvalue weighted by Gasteiger charge is -2.33. The molecule has 1 aliphatic rings. The van der Waals surface area contributed by atoms with Gasteiger partial charge in [0.05, 0.1) is 5.69 Å². The number of amides is 2. The second-order valence-corrected chi connectivity index (χ2v) is 8.74. The summed E-state index contributed by atoms with van der Waals surface area (Å²) in [4.78, 5) is 26.5. The van der Waals surface area contributed by atoms with E-state index in [4.69, 9.17) is 15.2 Å². The van der Waals surface area contributed by atoms with Crippen molar-refractivity contribution in [1.29, 1.82) is 0 Å². The number of benzene rings is 2. The zero-order chi connectivity index (χ0) is 22.4. The highest BCUT2D eigenvalue weighted by Crippen LogP contribution is 2.24. The van der Waals surface area contributed by atoms with Crippen LogP contribution >= 0.6 is 0 Å². The van der Waals surface area contributed by atoms with E-state index in [2.05, 4.69) is 5.32 Å². The molecule has 1 aliphatic heterocycles. The fraction of sp³-hybridized carbons (Fsp3) is 0.417. The molecule has 1 saturated heterocycles. The Labute approximate surface area is 183 Å². The van der Waals surface area contributed by atoms with Crippen LogP contribution in [0.3, 0.4) is 0 Å². The molecule has 0 spiro atoms. The Morgan fingerprint density at radius 3 is 2.39 bits per heavy atom. The number of hydrogen-bond donors (Lipinski definition) is 2. The molecule has 31 heavy (non-hydrogen) atoms. The van der Waals surface area contributed by atoms with E-state index in [0.29, 0.717) is 49.5 Å². The summed E-state index contributed by atoms with van der Waals surface area (Å²) in [5.41, 5.74) is 7.53. The summed E-state index contributed by atoms with van der Waals surface area (Å²) < 4.78 is 11.2. The first kappa shape index (κ1) is 22.5. The first-order chi connectivity index (χ1) is 14.7. The Kier molecular flexibility index (Phi) is 7.05. The van der Waals surface area contributed by atoms with Gasteiger partial charge in [0.15, 0.2) is 0 Å². The van der Waals surface area contributed by atoms with E-state index < -0.39 is 5.60 Å². The molecule has 0 atom stereocenters. The number of likely N-dealkylation sites (tertiary alicyclic amines) is 1. The third kappa shape index (κ3) is 6.64. The van der Waals surface area contributed by atoms with Gasteiger partial charge in [0.2, 0.25) is 0 Å². The maximum atomic E-state index is 12.6. The van der Waals surface area contributed by atoms with Crippen molar-refractivity contribution in [1.82, 2.24) is 10.2 Å². The maximum absolute atomic E-state index is 12.6. The molecule has 3 rings (SSSR count). The molecule has 0 aromatic heterocycles. The fourth-order valence-corrected chi connectivity index (χ4v) is 3.36. The van der Waals surface area contributed by atoms with Crippen molar-refractivity contribution in [2.75, 3.05) is 18.8 Å². The predicted molar refractivity (Wildman–Crippen MR) is 120 cm³/mol. The number of anilines is 1. The molecule has 2 aromatic rings. The Morgan fingerprint density at radius 2 is 1.77 bits per heavy atom. The molecule has 0 radical (unpaired) electrons. The lowest BCUT2D eigenvalue weighted by Crippen LogP contribution is -2.47. The van der Waals surface area contributed by atoms with E-state index in [-0.39, 0.29) is 18.0 Å². The quantitative estimate of drug-likeness (QED) is 0.707. The van der Waals surface area contributed by atoms with E-state index >= 15 is 0 Å². The van der Waals surface area contributed by atoms with E-state index in [9.17, 15) is 9.59 Å². The van der Waals surface area contributed by atoms with Gasteiger partial charge in [0, 0.05) is 24.7 Å². The molecule has 0 saturated carbocycles. The van der Waals surface area contributed by atoms with E-state index in [1.165, 1.54) is 0 Å². The molecule has 7 nitrogen and oxygen atoms in total. The molecule has 3 N–H and O–H groups in total. The molecule has 2 aromatic carbocycles. The number of carbonyl (C=O) groups is 2. The van der Waals surface area contributed by atoms with Crippen LogP contribution in [0.15, 0.2) is 48.5 Å². The Bertz CT molecular complexity index is 901. The zero-order valence-corrected chi connectivity index (χ0v) is 18.4. The van der Waals surface area contributed by atoms with Crippen LogP contribution in [0.25, 0.3) is 0 Å². The van der Waals surface area contributed by atoms with Crippen LogP contribution < -0.4 is 15.8 Å². The van der Waals surface area contributed by atoms with Gasteiger partial charge in [0.25, 0.3) is 5.91 Å². The minimum atomic E-state index is -0.515. The lowest BCUT2D eigenvalue weighted by molar-refractivity contribution is 0.0199. The number of hydrogen-bond acceptors (Lipinski definition) is 5. The summed E-state index contributed by atoms with van der Waals surface area (Å²) in [6.45, 7) is 7.06. The minimum Gasteiger partial charge on any atom is -0.487 e. The van der Waals surface area contributed by atoms with Gasteiger partial charge in [-0.2, -0.15) is 0 Å². The number of rotatable bonds is 5. The highest BCUT2D eigenvalue weighted by molar-refractivity contribution is 5.95. The summed E-state index contributed by atoms with van der Waals surface area (Å²) in [5.74, 6) is 0.364. The highest BCUT2D eigenvalue weighted by Gasteiger charge is 2.27. The monoisotopic (exact) mass is 425 g/mol. The normalized spacial score (nSPS) is 14.7. The molecule has 7 heteroatoms. The van der Waals surface area contributed by atoms with Crippen molar-refractivity contribution < 1.29 is 19.1 Å². The first-order valence-electron chi connectivity index (χ1n) is 10.6. The van der Waals surface area contributed by atoms with Crippen LogP contribution in [0.4, 0.5) is 10.5 Å². The Hall–Kier alpha value is -3.22. The maximum Gasteiger partial charge on any atom is 0.410 e. The lowest BCUT2D eigenvalue weighted by atomic mass is 10.0. The molecule has 0 aliphatic carbocycles. The van der Waals surface area contributed by atoms with Crippen LogP contribution in [0.5, 0.6) is 5.75 Å². The Morgan fingerprint density at radius 1 is 1.10 bits per heavy atom. The number of nitrogen functional groups attached to an aromatic ring is 1. The summed E-state index contributed by atoms with van der Waals surface area (Å²) in [7, 11) is 0. The van der Waals surface area contributed by atoms with Crippen LogP contribution in [0, 0.1) is 0 Å². The first-order valence-corrected chi connectivity index (χ1v) is 10.6. The van der Waals surface area contributed by atoms with E-state index in [1.807, 2.05) is 51.1 Å². The third-order valence-electron chi connectivity index (χ3n) is 4.99. The van der Waals surface area contributed by atoms with Crippen molar-refractivity contribution in [3.05, 3.63) is 59.7 Å². The van der Waals surface area contributed by atoms with E-state index in [0.717, 1.165) is 5.56 Å².